The number of aliphatic hydroxyl groups is 2. The fourth-order valence-electron chi connectivity index (χ4n) is 12.6. The molecule has 0 fully saturated rings. The van der Waals surface area contributed by atoms with Crippen LogP contribution in [0.5, 0.6) is 0 Å². The van der Waals surface area contributed by atoms with Gasteiger partial charge in [0.25, 0.3) is 0 Å². The standard InChI is InChI=1S/C78H153NO5/c1-3-5-7-9-11-13-15-17-19-43-46-50-54-58-62-66-70-76(81)75(74-80)79-77(82)71-67-63-59-55-51-47-44-41-39-37-35-33-31-29-27-25-23-21-20-22-24-26-28-30-32-34-36-38-40-42-45-49-53-57-61-65-69-73-84-78(83)72-68-64-60-56-52-48-18-16-14-12-10-8-6-4-2/h66,70,75-76,80-81H,3-65,67-69,71-74H2,1-2H3,(H,79,82)/b70-66+. The van der Waals surface area contributed by atoms with E-state index in [1.165, 1.54) is 385 Å². The number of hydrogen-bond donors (Lipinski definition) is 3. The average molecular weight is 1190 g/mol. The van der Waals surface area contributed by atoms with E-state index in [-0.39, 0.29) is 18.5 Å². The smallest absolute Gasteiger partial charge is 0.305 e. The zero-order valence-corrected chi connectivity index (χ0v) is 57.4. The average Bonchev–Trinajstić information content (AvgIpc) is 3.52. The van der Waals surface area contributed by atoms with Crippen LogP contribution in [0.1, 0.15) is 450 Å². The first-order chi connectivity index (χ1) is 41.5. The first kappa shape index (κ1) is 82.6. The molecule has 0 saturated heterocycles. The van der Waals surface area contributed by atoms with E-state index < -0.39 is 12.1 Å². The fourth-order valence-corrected chi connectivity index (χ4v) is 12.6. The lowest BCUT2D eigenvalue weighted by Crippen LogP contribution is -2.45. The molecule has 0 saturated carbocycles. The minimum Gasteiger partial charge on any atom is -0.466 e. The predicted molar refractivity (Wildman–Crippen MR) is 370 cm³/mol. The van der Waals surface area contributed by atoms with Gasteiger partial charge >= 0.3 is 5.97 Å². The molecule has 2 unspecified atom stereocenters. The Morgan fingerprint density at radius 1 is 0.321 bits per heavy atom. The highest BCUT2D eigenvalue weighted by atomic mass is 16.5. The maximum atomic E-state index is 12.5. The second kappa shape index (κ2) is 74.1. The third-order valence-electron chi connectivity index (χ3n) is 18.6. The summed E-state index contributed by atoms with van der Waals surface area (Å²) in [6.45, 7) is 4.96. The molecule has 0 aliphatic carbocycles. The number of aliphatic hydroxyl groups excluding tert-OH is 2. The molecule has 0 rings (SSSR count). The number of unbranched alkanes of at least 4 members (excludes halogenated alkanes) is 63. The number of ether oxygens (including phenoxy) is 1. The van der Waals surface area contributed by atoms with Crippen molar-refractivity contribution in [1.82, 2.24) is 5.32 Å². The van der Waals surface area contributed by atoms with Crippen LogP contribution in [0.3, 0.4) is 0 Å². The molecule has 0 aromatic rings. The van der Waals surface area contributed by atoms with E-state index in [4.69, 9.17) is 4.74 Å². The molecule has 500 valence electrons. The second-order valence-electron chi connectivity index (χ2n) is 27.1. The van der Waals surface area contributed by atoms with Gasteiger partial charge < -0.3 is 20.3 Å². The van der Waals surface area contributed by atoms with E-state index in [2.05, 4.69) is 19.2 Å². The van der Waals surface area contributed by atoms with E-state index >= 15 is 0 Å². The third kappa shape index (κ3) is 69.7. The lowest BCUT2D eigenvalue weighted by molar-refractivity contribution is -0.143. The van der Waals surface area contributed by atoms with Crippen molar-refractivity contribution in [2.24, 2.45) is 0 Å². The number of allylic oxidation sites excluding steroid dienone is 1. The highest BCUT2D eigenvalue weighted by Crippen LogP contribution is 2.20. The van der Waals surface area contributed by atoms with Crippen LogP contribution in [0.25, 0.3) is 0 Å². The molecule has 2 atom stereocenters. The molecule has 0 radical (unpaired) electrons. The van der Waals surface area contributed by atoms with Crippen LogP contribution >= 0.6 is 0 Å². The van der Waals surface area contributed by atoms with Crippen LogP contribution in [-0.4, -0.2) is 47.4 Å². The lowest BCUT2D eigenvalue weighted by Gasteiger charge is -2.20. The molecular weight excluding hydrogens is 1030 g/mol. The summed E-state index contributed by atoms with van der Waals surface area (Å²) in [6.07, 6.45) is 93.4. The largest absolute Gasteiger partial charge is 0.466 e. The highest BCUT2D eigenvalue weighted by molar-refractivity contribution is 5.76. The summed E-state index contributed by atoms with van der Waals surface area (Å²) in [4.78, 5) is 24.6. The zero-order valence-electron chi connectivity index (χ0n) is 57.4. The summed E-state index contributed by atoms with van der Waals surface area (Å²) in [6, 6.07) is -0.623. The molecule has 1 amide bonds. The number of carbonyl (C=O) groups excluding carboxylic acids is 2. The number of amides is 1. The third-order valence-corrected chi connectivity index (χ3v) is 18.6. The summed E-state index contributed by atoms with van der Waals surface area (Å²) in [5.41, 5.74) is 0. The Labute approximate surface area is 527 Å². The molecule has 6 nitrogen and oxygen atoms in total. The number of hydrogen-bond acceptors (Lipinski definition) is 5. The van der Waals surface area contributed by atoms with E-state index in [1.54, 1.807) is 6.08 Å². The van der Waals surface area contributed by atoms with Gasteiger partial charge in [-0.1, -0.05) is 418 Å². The van der Waals surface area contributed by atoms with Crippen LogP contribution in [0.15, 0.2) is 12.2 Å². The van der Waals surface area contributed by atoms with Gasteiger partial charge in [0.05, 0.1) is 25.4 Å². The Hall–Kier alpha value is -1.40. The minimum absolute atomic E-state index is 0.0265. The number of esters is 1. The molecule has 84 heavy (non-hydrogen) atoms. The Bertz CT molecular complexity index is 1270. The fraction of sp³-hybridized carbons (Fsp3) is 0.949. The Morgan fingerprint density at radius 3 is 0.810 bits per heavy atom. The molecule has 0 bridgehead atoms. The molecule has 0 spiro atoms. The SMILES string of the molecule is CCCCCCCCCCCCCCCC/C=C/C(O)C(CO)NC(=O)CCCCCCCCCCCCCCCCCCCCCCCCCCCCCCCCCCCCCCCOC(=O)CCCCCCCCCCCCCCCC. The van der Waals surface area contributed by atoms with Crippen LogP contribution in [0, 0.1) is 0 Å². The van der Waals surface area contributed by atoms with Gasteiger partial charge in [-0.3, -0.25) is 9.59 Å². The van der Waals surface area contributed by atoms with Crippen LogP contribution in [0.4, 0.5) is 0 Å². The predicted octanol–water partition coefficient (Wildman–Crippen LogP) is 25.5. The van der Waals surface area contributed by atoms with Gasteiger partial charge in [-0.25, -0.2) is 0 Å². The first-order valence-electron chi connectivity index (χ1n) is 39.0. The van der Waals surface area contributed by atoms with Crippen molar-refractivity contribution >= 4 is 11.9 Å². The normalized spacial score (nSPS) is 12.5. The molecule has 0 aromatic carbocycles. The summed E-state index contributed by atoms with van der Waals surface area (Å²) >= 11 is 0. The Kier molecular flexibility index (Phi) is 72.8. The summed E-state index contributed by atoms with van der Waals surface area (Å²) in [5.74, 6) is -0.0320. The monoisotopic (exact) mass is 1180 g/mol. The second-order valence-corrected chi connectivity index (χ2v) is 27.1. The van der Waals surface area contributed by atoms with E-state index in [0.29, 0.717) is 19.4 Å². The number of rotatable bonds is 74. The Morgan fingerprint density at radius 2 is 0.548 bits per heavy atom. The quantitative estimate of drug-likeness (QED) is 0.0320. The molecule has 6 heteroatoms. The minimum atomic E-state index is -0.840. The maximum Gasteiger partial charge on any atom is 0.305 e. The summed E-state index contributed by atoms with van der Waals surface area (Å²) < 4.78 is 5.50. The molecule has 0 aliphatic heterocycles. The lowest BCUT2D eigenvalue weighted by atomic mass is 10.0. The van der Waals surface area contributed by atoms with Crippen molar-refractivity contribution in [3.8, 4) is 0 Å². The maximum absolute atomic E-state index is 12.5. The van der Waals surface area contributed by atoms with Crippen molar-refractivity contribution in [3.63, 3.8) is 0 Å². The molecule has 0 heterocycles. The van der Waals surface area contributed by atoms with E-state index in [0.717, 1.165) is 38.5 Å². The summed E-state index contributed by atoms with van der Waals surface area (Å²) in [5, 5.41) is 23.2. The van der Waals surface area contributed by atoms with Gasteiger partial charge in [0.15, 0.2) is 0 Å². The molecule has 0 aliphatic rings. The zero-order chi connectivity index (χ0) is 60.6. The van der Waals surface area contributed by atoms with Gasteiger partial charge in [0.1, 0.15) is 0 Å². The van der Waals surface area contributed by atoms with Crippen LogP contribution < -0.4 is 5.32 Å². The molecule has 0 aromatic heterocycles. The van der Waals surface area contributed by atoms with Crippen molar-refractivity contribution in [2.75, 3.05) is 13.2 Å². The van der Waals surface area contributed by atoms with Gasteiger partial charge in [0.2, 0.25) is 5.91 Å². The van der Waals surface area contributed by atoms with E-state index in [9.17, 15) is 19.8 Å². The Balaban J connectivity index is 3.30. The van der Waals surface area contributed by atoms with Gasteiger partial charge in [-0.15, -0.1) is 0 Å². The van der Waals surface area contributed by atoms with Crippen molar-refractivity contribution in [1.29, 1.82) is 0 Å². The molecule has 3 N–H and O–H groups in total. The number of carbonyl (C=O) groups is 2. The first-order valence-corrected chi connectivity index (χ1v) is 39.0. The van der Waals surface area contributed by atoms with Crippen molar-refractivity contribution in [2.45, 2.75) is 463 Å². The van der Waals surface area contributed by atoms with E-state index in [1.807, 2.05) is 6.08 Å². The van der Waals surface area contributed by atoms with Gasteiger partial charge in [-0.05, 0) is 32.1 Å². The van der Waals surface area contributed by atoms with Gasteiger partial charge in [-0.2, -0.15) is 0 Å². The highest BCUT2D eigenvalue weighted by Gasteiger charge is 2.18. The summed E-state index contributed by atoms with van der Waals surface area (Å²) in [7, 11) is 0. The van der Waals surface area contributed by atoms with Crippen LogP contribution in [0.2, 0.25) is 0 Å². The van der Waals surface area contributed by atoms with Crippen molar-refractivity contribution in [3.05, 3.63) is 12.2 Å². The number of nitrogens with one attached hydrogen (secondary N) is 1. The topological polar surface area (TPSA) is 95.9 Å². The molecular formula is C78H153NO5. The van der Waals surface area contributed by atoms with Crippen LogP contribution in [-0.2, 0) is 14.3 Å². The van der Waals surface area contributed by atoms with Crippen molar-refractivity contribution < 1.29 is 24.5 Å². The van der Waals surface area contributed by atoms with Gasteiger partial charge in [0, 0.05) is 12.8 Å².